The molecule has 0 aliphatic rings. The van der Waals surface area contributed by atoms with Crippen LogP contribution in [0.4, 0.5) is 0 Å². The van der Waals surface area contributed by atoms with Gasteiger partial charge in [0, 0.05) is 13.0 Å². The molecule has 0 aliphatic carbocycles. The molecule has 0 spiro atoms. The zero-order chi connectivity index (χ0) is 15.1. The number of benzene rings is 1. The summed E-state index contributed by atoms with van der Waals surface area (Å²) in [6, 6.07) is 7.45. The van der Waals surface area contributed by atoms with E-state index in [4.69, 9.17) is 15.7 Å². The molecule has 0 saturated carbocycles. The van der Waals surface area contributed by atoms with Crippen molar-refractivity contribution in [3.63, 3.8) is 0 Å². The molecule has 3 N–H and O–H groups in total. The summed E-state index contributed by atoms with van der Waals surface area (Å²) in [7, 11) is 0. The van der Waals surface area contributed by atoms with Gasteiger partial charge in [0.1, 0.15) is 24.5 Å². The van der Waals surface area contributed by atoms with Gasteiger partial charge in [0.15, 0.2) is 5.82 Å². The largest absolute Gasteiger partial charge is 0.486 e. The first-order chi connectivity index (χ1) is 10.2. The number of nitrogens with two attached hydrogens (primary N) is 1. The molecule has 1 aromatic heterocycles. The van der Waals surface area contributed by atoms with Crippen LogP contribution in [0.25, 0.3) is 0 Å². The first-order valence-electron chi connectivity index (χ1n) is 6.77. The van der Waals surface area contributed by atoms with Crippen LogP contribution in [0.1, 0.15) is 24.7 Å². The number of hydrogen-bond acceptors (Lipinski definition) is 5. The van der Waals surface area contributed by atoms with Crippen LogP contribution >= 0.6 is 0 Å². The summed E-state index contributed by atoms with van der Waals surface area (Å²) < 4.78 is 7.53. The quantitative estimate of drug-likeness (QED) is 0.349. The molecule has 0 radical (unpaired) electrons. The Morgan fingerprint density at radius 3 is 2.81 bits per heavy atom. The summed E-state index contributed by atoms with van der Waals surface area (Å²) >= 11 is 0. The Bertz CT molecular complexity index is 592. The van der Waals surface area contributed by atoms with Crippen LogP contribution in [-0.4, -0.2) is 25.8 Å². The zero-order valence-corrected chi connectivity index (χ0v) is 11.9. The van der Waals surface area contributed by atoms with E-state index in [0.717, 1.165) is 30.1 Å². The van der Waals surface area contributed by atoms with Gasteiger partial charge in [-0.25, -0.2) is 9.67 Å². The van der Waals surface area contributed by atoms with Crippen molar-refractivity contribution < 1.29 is 9.94 Å². The number of ether oxygens (including phenoxy) is 1. The van der Waals surface area contributed by atoms with E-state index in [1.807, 2.05) is 28.9 Å². The summed E-state index contributed by atoms with van der Waals surface area (Å²) in [5, 5.41) is 15.6. The van der Waals surface area contributed by atoms with Gasteiger partial charge >= 0.3 is 0 Å². The Kier molecular flexibility index (Phi) is 5.14. The number of aryl methyl sites for hydroxylation is 1. The van der Waals surface area contributed by atoms with Crippen molar-refractivity contribution in [3.8, 4) is 5.75 Å². The van der Waals surface area contributed by atoms with Crippen molar-refractivity contribution in [1.82, 2.24) is 14.8 Å². The molecule has 0 unspecified atom stereocenters. The van der Waals surface area contributed by atoms with Gasteiger partial charge in [0.25, 0.3) is 0 Å². The van der Waals surface area contributed by atoms with Gasteiger partial charge in [0.2, 0.25) is 0 Å². The molecule has 0 amide bonds. The molecular formula is C14H19N5O2. The molecule has 112 valence electrons. The lowest BCUT2D eigenvalue weighted by molar-refractivity contribution is 0.286. The van der Waals surface area contributed by atoms with Gasteiger partial charge in [-0.2, -0.15) is 5.10 Å². The van der Waals surface area contributed by atoms with Crippen molar-refractivity contribution in [2.24, 2.45) is 10.9 Å². The summed E-state index contributed by atoms with van der Waals surface area (Å²) in [5.74, 6) is 1.72. The van der Waals surface area contributed by atoms with Crippen molar-refractivity contribution in [1.29, 1.82) is 0 Å². The first-order valence-corrected chi connectivity index (χ1v) is 6.77. The molecule has 0 bridgehead atoms. The minimum Gasteiger partial charge on any atom is -0.486 e. The van der Waals surface area contributed by atoms with Crippen molar-refractivity contribution in [3.05, 3.63) is 42.0 Å². The second kappa shape index (κ2) is 7.28. The van der Waals surface area contributed by atoms with E-state index in [2.05, 4.69) is 22.2 Å². The standard InChI is InChI=1S/C14H19N5O2/c1-2-7-19-14(16-10-17-19)9-21-12-5-3-11(4-6-12)8-13(15)18-20/h3-6,10,20H,2,7-9H2,1H3,(H2,15,18). The molecule has 1 heterocycles. The SMILES string of the molecule is CCCn1ncnc1COc1ccc(CC(N)=NO)cc1. The second-order valence-corrected chi connectivity index (χ2v) is 4.60. The zero-order valence-electron chi connectivity index (χ0n) is 11.9. The second-order valence-electron chi connectivity index (χ2n) is 4.60. The van der Waals surface area contributed by atoms with Crippen LogP contribution in [-0.2, 0) is 19.6 Å². The Labute approximate surface area is 123 Å². The van der Waals surface area contributed by atoms with Crippen LogP contribution in [0.3, 0.4) is 0 Å². The molecule has 0 fully saturated rings. The predicted molar refractivity (Wildman–Crippen MR) is 78.2 cm³/mol. The summed E-state index contributed by atoms with van der Waals surface area (Å²) in [5.41, 5.74) is 6.41. The van der Waals surface area contributed by atoms with E-state index in [1.165, 1.54) is 6.33 Å². The highest BCUT2D eigenvalue weighted by Gasteiger charge is 2.05. The van der Waals surface area contributed by atoms with Gasteiger partial charge in [-0.15, -0.1) is 0 Å². The number of oxime groups is 1. The summed E-state index contributed by atoms with van der Waals surface area (Å²) in [4.78, 5) is 4.18. The molecular weight excluding hydrogens is 270 g/mol. The monoisotopic (exact) mass is 289 g/mol. The minimum atomic E-state index is 0.177. The highest BCUT2D eigenvalue weighted by atomic mass is 16.5. The number of nitrogens with zero attached hydrogens (tertiary/aromatic N) is 4. The smallest absolute Gasteiger partial charge is 0.164 e. The van der Waals surface area contributed by atoms with Gasteiger partial charge in [0.05, 0.1) is 0 Å². The lowest BCUT2D eigenvalue weighted by Gasteiger charge is -2.08. The molecule has 1 aromatic carbocycles. The maximum absolute atomic E-state index is 8.53. The van der Waals surface area contributed by atoms with Crippen LogP contribution in [0.15, 0.2) is 35.7 Å². The van der Waals surface area contributed by atoms with Gasteiger partial charge in [-0.3, -0.25) is 0 Å². The van der Waals surface area contributed by atoms with Crippen LogP contribution < -0.4 is 10.5 Å². The lowest BCUT2D eigenvalue weighted by atomic mass is 10.1. The van der Waals surface area contributed by atoms with Gasteiger partial charge in [-0.1, -0.05) is 24.2 Å². The normalized spacial score (nSPS) is 11.6. The molecule has 21 heavy (non-hydrogen) atoms. The third-order valence-corrected chi connectivity index (χ3v) is 2.94. The highest BCUT2D eigenvalue weighted by molar-refractivity contribution is 5.82. The maximum atomic E-state index is 8.53. The third-order valence-electron chi connectivity index (χ3n) is 2.94. The Hall–Kier alpha value is -2.57. The van der Waals surface area contributed by atoms with Crippen molar-refractivity contribution >= 4 is 5.84 Å². The molecule has 2 aromatic rings. The first kappa shape index (κ1) is 14.8. The molecule has 0 saturated heterocycles. The Morgan fingerprint density at radius 1 is 1.38 bits per heavy atom. The van der Waals surface area contributed by atoms with E-state index in [9.17, 15) is 0 Å². The fraction of sp³-hybridized carbons (Fsp3) is 0.357. The Morgan fingerprint density at radius 2 is 2.14 bits per heavy atom. The molecule has 7 heteroatoms. The van der Waals surface area contributed by atoms with Crippen LogP contribution in [0.2, 0.25) is 0 Å². The minimum absolute atomic E-state index is 0.177. The average molecular weight is 289 g/mol. The van der Waals surface area contributed by atoms with E-state index in [0.29, 0.717) is 13.0 Å². The van der Waals surface area contributed by atoms with Crippen LogP contribution in [0.5, 0.6) is 5.75 Å². The van der Waals surface area contributed by atoms with Gasteiger partial charge in [-0.05, 0) is 24.1 Å². The molecule has 0 aliphatic heterocycles. The van der Waals surface area contributed by atoms with E-state index in [1.54, 1.807) is 0 Å². The van der Waals surface area contributed by atoms with Gasteiger partial charge < -0.3 is 15.7 Å². The number of hydrogen-bond donors (Lipinski definition) is 2. The average Bonchev–Trinajstić information content (AvgIpc) is 2.94. The van der Waals surface area contributed by atoms with Crippen LogP contribution in [0, 0.1) is 0 Å². The lowest BCUT2D eigenvalue weighted by Crippen LogP contribution is -2.14. The van der Waals surface area contributed by atoms with E-state index >= 15 is 0 Å². The predicted octanol–water partition coefficient (Wildman–Crippen LogP) is 1.56. The fourth-order valence-corrected chi connectivity index (χ4v) is 1.89. The summed E-state index contributed by atoms with van der Waals surface area (Å²) in [6.07, 6.45) is 2.94. The third kappa shape index (κ3) is 4.20. The number of aromatic nitrogens is 3. The van der Waals surface area contributed by atoms with E-state index < -0.39 is 0 Å². The van der Waals surface area contributed by atoms with Crippen molar-refractivity contribution in [2.75, 3.05) is 0 Å². The van der Waals surface area contributed by atoms with E-state index in [-0.39, 0.29) is 5.84 Å². The number of rotatable bonds is 7. The number of amidine groups is 1. The topological polar surface area (TPSA) is 98.5 Å². The fourth-order valence-electron chi connectivity index (χ4n) is 1.89. The molecule has 0 atom stereocenters. The molecule has 2 rings (SSSR count). The highest BCUT2D eigenvalue weighted by Crippen LogP contribution is 2.14. The maximum Gasteiger partial charge on any atom is 0.164 e. The molecule has 7 nitrogen and oxygen atoms in total. The summed E-state index contributed by atoms with van der Waals surface area (Å²) in [6.45, 7) is 3.30. The van der Waals surface area contributed by atoms with Crippen molar-refractivity contribution in [2.45, 2.75) is 32.9 Å². The Balaban J connectivity index is 1.93.